The van der Waals surface area contributed by atoms with E-state index in [0.29, 0.717) is 11.4 Å². The second-order valence-electron chi connectivity index (χ2n) is 5.37. The average molecular weight is 293 g/mol. The summed E-state index contributed by atoms with van der Waals surface area (Å²) in [4.78, 5) is 13.3. The third-order valence-corrected chi connectivity index (χ3v) is 3.89. The molecule has 0 saturated carbocycles. The Morgan fingerprint density at radius 2 is 2.14 bits per heavy atom. The number of benzene rings is 1. The molecule has 1 aromatic carbocycles. The molecular weight excluding hydrogens is 270 g/mol. The molecule has 1 saturated heterocycles. The molecule has 1 fully saturated rings. The van der Waals surface area contributed by atoms with Gasteiger partial charge < -0.3 is 15.0 Å². The van der Waals surface area contributed by atoms with Crippen molar-refractivity contribution in [3.05, 3.63) is 28.3 Å². The number of nitrogens with zero attached hydrogens (tertiary/aromatic N) is 2. The Hall–Kier alpha value is -1.82. The zero-order valence-corrected chi connectivity index (χ0v) is 12.7. The Bertz CT molecular complexity index is 485. The van der Waals surface area contributed by atoms with Crippen molar-refractivity contribution in [2.45, 2.75) is 32.2 Å². The van der Waals surface area contributed by atoms with E-state index in [-0.39, 0.29) is 16.7 Å². The maximum Gasteiger partial charge on any atom is 0.333 e. The molecule has 0 amide bonds. The SMILES string of the molecule is CCCN1CCC(Nc2cccc(OC)c2[N+](=O)[O-])CC1. The second kappa shape index (κ2) is 7.26. The van der Waals surface area contributed by atoms with Crippen molar-refractivity contribution in [1.82, 2.24) is 4.90 Å². The number of hydrogen-bond acceptors (Lipinski definition) is 5. The van der Waals surface area contributed by atoms with Gasteiger partial charge >= 0.3 is 5.69 Å². The number of ether oxygens (including phenoxy) is 1. The highest BCUT2D eigenvalue weighted by molar-refractivity contribution is 5.68. The van der Waals surface area contributed by atoms with E-state index in [0.717, 1.165) is 32.5 Å². The zero-order chi connectivity index (χ0) is 15.2. The molecule has 1 aliphatic heterocycles. The third kappa shape index (κ3) is 3.85. The van der Waals surface area contributed by atoms with Crippen LogP contribution in [0, 0.1) is 10.1 Å². The smallest absolute Gasteiger partial charge is 0.333 e. The Balaban J connectivity index is 2.05. The van der Waals surface area contributed by atoms with E-state index in [1.807, 2.05) is 0 Å². The predicted octanol–water partition coefficient (Wildman–Crippen LogP) is 2.89. The van der Waals surface area contributed by atoms with Crippen molar-refractivity contribution in [3.63, 3.8) is 0 Å². The lowest BCUT2D eigenvalue weighted by atomic mass is 10.0. The molecule has 2 rings (SSSR count). The lowest BCUT2D eigenvalue weighted by molar-refractivity contribution is -0.384. The number of hydrogen-bond donors (Lipinski definition) is 1. The number of para-hydroxylation sites is 1. The average Bonchev–Trinajstić information content (AvgIpc) is 2.49. The molecule has 6 nitrogen and oxygen atoms in total. The molecule has 1 heterocycles. The molecule has 6 heteroatoms. The van der Waals surface area contributed by atoms with Crippen LogP contribution in [0.4, 0.5) is 11.4 Å². The summed E-state index contributed by atoms with van der Waals surface area (Å²) < 4.78 is 5.10. The fourth-order valence-electron chi connectivity index (χ4n) is 2.83. The summed E-state index contributed by atoms with van der Waals surface area (Å²) in [5.41, 5.74) is 0.573. The highest BCUT2D eigenvalue weighted by atomic mass is 16.6. The first kappa shape index (κ1) is 15.6. The number of piperidine rings is 1. The molecule has 1 aromatic rings. The molecule has 0 bridgehead atoms. The zero-order valence-electron chi connectivity index (χ0n) is 12.7. The summed E-state index contributed by atoms with van der Waals surface area (Å²) in [6, 6.07) is 5.43. The van der Waals surface area contributed by atoms with Gasteiger partial charge in [-0.25, -0.2) is 0 Å². The van der Waals surface area contributed by atoms with Gasteiger partial charge in [-0.3, -0.25) is 10.1 Å². The van der Waals surface area contributed by atoms with Crippen LogP contribution in [0.25, 0.3) is 0 Å². The van der Waals surface area contributed by atoms with Gasteiger partial charge in [0.25, 0.3) is 0 Å². The van der Waals surface area contributed by atoms with E-state index in [1.165, 1.54) is 13.5 Å². The van der Waals surface area contributed by atoms with E-state index in [1.54, 1.807) is 18.2 Å². The molecule has 0 spiro atoms. The lowest BCUT2D eigenvalue weighted by Crippen LogP contribution is -2.39. The van der Waals surface area contributed by atoms with Crippen LogP contribution in [0.15, 0.2) is 18.2 Å². The molecule has 21 heavy (non-hydrogen) atoms. The Morgan fingerprint density at radius 3 is 2.71 bits per heavy atom. The van der Waals surface area contributed by atoms with Gasteiger partial charge in [-0.1, -0.05) is 13.0 Å². The molecule has 0 aliphatic carbocycles. The molecule has 0 radical (unpaired) electrons. The van der Waals surface area contributed by atoms with Crippen LogP contribution in [-0.2, 0) is 0 Å². The van der Waals surface area contributed by atoms with Gasteiger partial charge in [0.15, 0.2) is 5.75 Å². The molecular formula is C15H23N3O3. The monoisotopic (exact) mass is 293 g/mol. The molecule has 0 atom stereocenters. The van der Waals surface area contributed by atoms with Crippen LogP contribution in [0.5, 0.6) is 5.75 Å². The molecule has 0 unspecified atom stereocenters. The van der Waals surface area contributed by atoms with Crippen LogP contribution in [0.1, 0.15) is 26.2 Å². The number of nitrogens with one attached hydrogen (secondary N) is 1. The van der Waals surface area contributed by atoms with E-state index in [4.69, 9.17) is 4.74 Å². The van der Waals surface area contributed by atoms with Gasteiger partial charge in [0.2, 0.25) is 0 Å². The molecule has 1 aliphatic rings. The first-order valence-corrected chi connectivity index (χ1v) is 7.46. The summed E-state index contributed by atoms with van der Waals surface area (Å²) in [5, 5.41) is 14.6. The van der Waals surface area contributed by atoms with Crippen LogP contribution < -0.4 is 10.1 Å². The van der Waals surface area contributed by atoms with Crippen LogP contribution in [0.2, 0.25) is 0 Å². The van der Waals surface area contributed by atoms with Crippen molar-refractivity contribution in [2.24, 2.45) is 0 Å². The van der Waals surface area contributed by atoms with Crippen molar-refractivity contribution in [1.29, 1.82) is 0 Å². The maximum absolute atomic E-state index is 11.3. The number of rotatable bonds is 6. The number of nitro groups is 1. The largest absolute Gasteiger partial charge is 0.490 e. The van der Waals surface area contributed by atoms with Crippen molar-refractivity contribution >= 4 is 11.4 Å². The van der Waals surface area contributed by atoms with Gasteiger partial charge in [-0.2, -0.15) is 0 Å². The van der Waals surface area contributed by atoms with Gasteiger partial charge in [0.05, 0.1) is 12.0 Å². The second-order valence-corrected chi connectivity index (χ2v) is 5.37. The molecule has 1 N–H and O–H groups in total. The van der Waals surface area contributed by atoms with Gasteiger partial charge in [-0.15, -0.1) is 0 Å². The quantitative estimate of drug-likeness (QED) is 0.645. The topological polar surface area (TPSA) is 67.6 Å². The first-order chi connectivity index (χ1) is 10.2. The van der Waals surface area contributed by atoms with Gasteiger partial charge in [0, 0.05) is 19.1 Å². The highest BCUT2D eigenvalue weighted by Crippen LogP contribution is 2.35. The first-order valence-electron chi connectivity index (χ1n) is 7.46. The maximum atomic E-state index is 11.3. The van der Waals surface area contributed by atoms with Crippen molar-refractivity contribution in [2.75, 3.05) is 32.1 Å². The molecule has 0 aromatic heterocycles. The number of nitro benzene ring substituents is 1. The Morgan fingerprint density at radius 1 is 1.43 bits per heavy atom. The van der Waals surface area contributed by atoms with Gasteiger partial charge in [0.1, 0.15) is 5.69 Å². The fourth-order valence-corrected chi connectivity index (χ4v) is 2.83. The van der Waals surface area contributed by atoms with Crippen LogP contribution in [0.3, 0.4) is 0 Å². The predicted molar refractivity (Wildman–Crippen MR) is 83.0 cm³/mol. The third-order valence-electron chi connectivity index (χ3n) is 3.89. The summed E-state index contributed by atoms with van der Waals surface area (Å²) >= 11 is 0. The Kier molecular flexibility index (Phi) is 5.38. The number of likely N-dealkylation sites (tertiary alicyclic amines) is 1. The summed E-state index contributed by atoms with van der Waals surface area (Å²) in [7, 11) is 1.45. The normalized spacial score (nSPS) is 16.7. The standard InChI is InChI=1S/C15H23N3O3/c1-3-9-17-10-7-12(8-11-17)16-13-5-4-6-14(21-2)15(13)18(19)20/h4-6,12,16H,3,7-11H2,1-2H3. The van der Waals surface area contributed by atoms with Crippen molar-refractivity contribution in [3.8, 4) is 5.75 Å². The van der Waals surface area contributed by atoms with E-state index in [2.05, 4.69) is 17.1 Å². The summed E-state index contributed by atoms with van der Waals surface area (Å²) in [5.74, 6) is 0.299. The van der Waals surface area contributed by atoms with Crippen LogP contribution in [-0.4, -0.2) is 42.6 Å². The highest BCUT2D eigenvalue weighted by Gasteiger charge is 2.24. The number of anilines is 1. The minimum Gasteiger partial charge on any atom is -0.490 e. The Labute approximate surface area is 125 Å². The molecule has 116 valence electrons. The number of methoxy groups -OCH3 is 1. The fraction of sp³-hybridized carbons (Fsp3) is 0.600. The summed E-state index contributed by atoms with van der Waals surface area (Å²) in [6.07, 6.45) is 3.18. The van der Waals surface area contributed by atoms with Crippen LogP contribution >= 0.6 is 0 Å². The van der Waals surface area contributed by atoms with E-state index >= 15 is 0 Å². The van der Waals surface area contributed by atoms with E-state index in [9.17, 15) is 10.1 Å². The minimum absolute atomic E-state index is 0.0241. The van der Waals surface area contributed by atoms with Crippen molar-refractivity contribution < 1.29 is 9.66 Å². The van der Waals surface area contributed by atoms with Gasteiger partial charge in [-0.05, 0) is 37.9 Å². The summed E-state index contributed by atoms with van der Waals surface area (Å²) in [6.45, 7) is 5.41. The lowest BCUT2D eigenvalue weighted by Gasteiger charge is -2.32. The van der Waals surface area contributed by atoms with E-state index < -0.39 is 0 Å². The minimum atomic E-state index is -0.382.